The van der Waals surface area contributed by atoms with E-state index < -0.39 is 0 Å². The van der Waals surface area contributed by atoms with Crippen molar-refractivity contribution in [3.8, 4) is 0 Å². The minimum absolute atomic E-state index is 0.849. The first-order valence-electron chi connectivity index (χ1n) is 17.0. The van der Waals surface area contributed by atoms with Gasteiger partial charge in [-0.15, -0.1) is 0 Å². The van der Waals surface area contributed by atoms with Crippen LogP contribution in [0.15, 0.2) is 12.1 Å². The highest BCUT2D eigenvalue weighted by molar-refractivity contribution is 6.07. The molecule has 0 heterocycles. The minimum atomic E-state index is 0.849. The molecule has 0 heteroatoms. The second-order valence-electron chi connectivity index (χ2n) is 15.4. The van der Waals surface area contributed by atoms with E-state index in [0.29, 0.717) is 0 Å². The van der Waals surface area contributed by atoms with Crippen molar-refractivity contribution in [2.75, 3.05) is 0 Å². The largest absolute Gasteiger partial charge is 0.0459 e. The Morgan fingerprint density at radius 1 is 0.237 bits per heavy atom. The SMILES string of the molecule is c1c2c3c(c4c(c2cc2c5c(c6c(c12)C1CCC6CC1)C1CCC5CC1)C1CCC4CC1)C1CCC3CC1. The van der Waals surface area contributed by atoms with E-state index in [1.165, 1.54) is 103 Å². The van der Waals surface area contributed by atoms with Crippen molar-refractivity contribution in [1.82, 2.24) is 0 Å². The molecule has 12 aliphatic rings. The van der Waals surface area contributed by atoms with Crippen LogP contribution in [0.25, 0.3) is 21.5 Å². The normalized spacial score (nSPS) is 38.9. The molecule has 8 bridgehead atoms. The fourth-order valence-corrected chi connectivity index (χ4v) is 12.9. The summed E-state index contributed by atoms with van der Waals surface area (Å²) in [6, 6.07) is 5.77. The number of hydrogen-bond donors (Lipinski definition) is 0. The molecule has 194 valence electrons. The van der Waals surface area contributed by atoms with E-state index in [-0.39, 0.29) is 0 Å². The Hall–Kier alpha value is -1.82. The lowest BCUT2D eigenvalue weighted by atomic mass is 9.56. The molecule has 0 atom stereocenters. The lowest BCUT2D eigenvalue weighted by Gasteiger charge is -2.49. The van der Waals surface area contributed by atoms with Gasteiger partial charge < -0.3 is 0 Å². The second kappa shape index (κ2) is 7.08. The molecule has 0 spiro atoms. The Kier molecular flexibility index (Phi) is 3.91. The molecule has 38 heavy (non-hydrogen) atoms. The van der Waals surface area contributed by atoms with Gasteiger partial charge in [0.05, 0.1) is 0 Å². The van der Waals surface area contributed by atoms with Crippen molar-refractivity contribution >= 4 is 21.5 Å². The Bertz CT molecular complexity index is 1320. The molecule has 0 aromatic heterocycles. The number of fused-ring (bicyclic) bond motifs is 10. The van der Waals surface area contributed by atoms with E-state index in [4.69, 9.17) is 0 Å². The molecule has 4 saturated carbocycles. The van der Waals surface area contributed by atoms with Crippen molar-refractivity contribution in [2.24, 2.45) is 0 Å². The molecule has 3 aromatic carbocycles. The lowest BCUT2D eigenvalue weighted by molar-refractivity contribution is 0.329. The number of benzene rings is 3. The van der Waals surface area contributed by atoms with E-state index in [1.807, 2.05) is 44.5 Å². The van der Waals surface area contributed by atoms with E-state index in [2.05, 4.69) is 12.1 Å². The van der Waals surface area contributed by atoms with Crippen LogP contribution in [0.4, 0.5) is 0 Å². The van der Waals surface area contributed by atoms with Gasteiger partial charge >= 0.3 is 0 Å². The smallest absolute Gasteiger partial charge is 0.0137 e. The van der Waals surface area contributed by atoms with Gasteiger partial charge in [0, 0.05) is 0 Å². The summed E-state index contributed by atoms with van der Waals surface area (Å²) in [7, 11) is 0. The molecule has 0 radical (unpaired) electrons. The third kappa shape index (κ3) is 2.36. The maximum atomic E-state index is 2.88. The van der Waals surface area contributed by atoms with Crippen molar-refractivity contribution in [2.45, 2.75) is 150 Å². The summed E-state index contributed by atoms with van der Waals surface area (Å²) >= 11 is 0. The van der Waals surface area contributed by atoms with Crippen molar-refractivity contribution in [3.63, 3.8) is 0 Å². The van der Waals surface area contributed by atoms with Crippen LogP contribution >= 0.6 is 0 Å². The molecule has 0 amide bonds. The van der Waals surface area contributed by atoms with Crippen LogP contribution in [-0.2, 0) is 0 Å². The average molecular weight is 499 g/mol. The Balaban J connectivity index is 1.34. The van der Waals surface area contributed by atoms with Crippen molar-refractivity contribution < 1.29 is 0 Å². The summed E-state index contributed by atoms with van der Waals surface area (Å²) < 4.78 is 0. The van der Waals surface area contributed by atoms with Crippen LogP contribution in [0.3, 0.4) is 0 Å². The molecule has 12 aliphatic carbocycles. The molecule has 0 unspecified atom stereocenters. The van der Waals surface area contributed by atoms with E-state index in [0.717, 1.165) is 47.3 Å². The fourth-order valence-electron chi connectivity index (χ4n) is 12.9. The van der Waals surface area contributed by atoms with E-state index >= 15 is 0 Å². The molecule has 0 aliphatic heterocycles. The predicted molar refractivity (Wildman–Crippen MR) is 157 cm³/mol. The molecular formula is C38H42. The zero-order valence-corrected chi connectivity index (χ0v) is 23.1. The van der Waals surface area contributed by atoms with Crippen molar-refractivity contribution in [3.05, 3.63) is 56.6 Å². The quantitative estimate of drug-likeness (QED) is 0.270. The topological polar surface area (TPSA) is 0 Å². The van der Waals surface area contributed by atoms with Crippen LogP contribution in [-0.4, -0.2) is 0 Å². The Labute approximate surface area is 228 Å². The molecular weight excluding hydrogens is 456 g/mol. The first-order chi connectivity index (χ1) is 18.8. The van der Waals surface area contributed by atoms with Gasteiger partial charge in [-0.25, -0.2) is 0 Å². The van der Waals surface area contributed by atoms with Gasteiger partial charge in [0.15, 0.2) is 0 Å². The van der Waals surface area contributed by atoms with Crippen LogP contribution < -0.4 is 0 Å². The molecule has 0 N–H and O–H groups in total. The fraction of sp³-hybridized carbons (Fsp3) is 0.632. The minimum Gasteiger partial charge on any atom is -0.0459 e. The van der Waals surface area contributed by atoms with Gasteiger partial charge in [0.1, 0.15) is 0 Å². The van der Waals surface area contributed by atoms with Crippen molar-refractivity contribution in [1.29, 1.82) is 0 Å². The third-order valence-corrected chi connectivity index (χ3v) is 14.2. The summed E-state index contributed by atoms with van der Waals surface area (Å²) in [6.07, 6.45) is 23.6. The molecule has 3 aromatic rings. The second-order valence-corrected chi connectivity index (χ2v) is 15.4. The predicted octanol–water partition coefficient (Wildman–Crippen LogP) is 11.0. The summed E-state index contributed by atoms with van der Waals surface area (Å²) in [5.41, 5.74) is 15.3. The highest BCUT2D eigenvalue weighted by Crippen LogP contribution is 2.64. The first-order valence-corrected chi connectivity index (χ1v) is 17.0. The lowest BCUT2D eigenvalue weighted by Crippen LogP contribution is -2.31. The van der Waals surface area contributed by atoms with Gasteiger partial charge in [-0.05, 0) is 228 Å². The van der Waals surface area contributed by atoms with Crippen LogP contribution in [0.1, 0.15) is 195 Å². The van der Waals surface area contributed by atoms with Gasteiger partial charge in [-0.2, -0.15) is 0 Å². The molecule has 4 fully saturated rings. The average Bonchev–Trinajstić information content (AvgIpc) is 3.02. The van der Waals surface area contributed by atoms with Crippen LogP contribution in [0, 0.1) is 0 Å². The maximum Gasteiger partial charge on any atom is -0.0137 e. The van der Waals surface area contributed by atoms with Gasteiger partial charge in [-0.1, -0.05) is 0 Å². The number of rotatable bonds is 0. The van der Waals surface area contributed by atoms with Gasteiger partial charge in [-0.3, -0.25) is 0 Å². The molecule has 0 nitrogen and oxygen atoms in total. The Morgan fingerprint density at radius 2 is 0.395 bits per heavy atom. The summed E-state index contributed by atoms with van der Waals surface area (Å²) in [6.45, 7) is 0. The Morgan fingerprint density at radius 3 is 0.579 bits per heavy atom. The summed E-state index contributed by atoms with van der Waals surface area (Å²) in [5.74, 6) is 6.92. The highest BCUT2D eigenvalue weighted by Gasteiger charge is 2.46. The highest BCUT2D eigenvalue weighted by atomic mass is 14.5. The first kappa shape index (κ1) is 21.0. The molecule has 0 saturated heterocycles. The molecule has 15 rings (SSSR count). The third-order valence-electron chi connectivity index (χ3n) is 14.2. The van der Waals surface area contributed by atoms with Gasteiger partial charge in [0.25, 0.3) is 0 Å². The van der Waals surface area contributed by atoms with Crippen LogP contribution in [0.2, 0.25) is 0 Å². The standard InChI is InChI=1S/C38H42/c1-9-23-10-2-19(1)31-27-17-29-30(18-28(27)32-20-3-11-24(12-4-20)36(32)35(23)31)34-22-7-15-26(16-8-22)38(34)37-25-13-5-21(6-14-25)33(29)37/h17-26H,1-16H2. The summed E-state index contributed by atoms with van der Waals surface area (Å²) in [4.78, 5) is 0. The van der Waals surface area contributed by atoms with E-state index in [1.54, 1.807) is 21.5 Å². The van der Waals surface area contributed by atoms with Crippen LogP contribution in [0.5, 0.6) is 0 Å². The monoisotopic (exact) mass is 498 g/mol. The zero-order valence-electron chi connectivity index (χ0n) is 23.1. The zero-order chi connectivity index (χ0) is 24.3. The maximum absolute atomic E-state index is 2.88. The van der Waals surface area contributed by atoms with E-state index in [9.17, 15) is 0 Å². The summed E-state index contributed by atoms with van der Waals surface area (Å²) in [5, 5.41) is 7.05. The number of hydrogen-bond acceptors (Lipinski definition) is 0. The van der Waals surface area contributed by atoms with Gasteiger partial charge in [0.2, 0.25) is 0 Å².